The Kier molecular flexibility index (Phi) is 4.05. The molecule has 3 N–H and O–H groups in total. The summed E-state index contributed by atoms with van der Waals surface area (Å²) in [5.74, 6) is 0.198. The zero-order valence-corrected chi connectivity index (χ0v) is 10.7. The van der Waals surface area contributed by atoms with Gasteiger partial charge in [-0.05, 0) is 31.6 Å². The summed E-state index contributed by atoms with van der Waals surface area (Å²) in [5.41, 5.74) is -0.171. The van der Waals surface area contributed by atoms with E-state index in [2.05, 4.69) is 17.6 Å². The second-order valence-corrected chi connectivity index (χ2v) is 5.72. The summed E-state index contributed by atoms with van der Waals surface area (Å²) in [6.07, 6.45) is 6.54. The van der Waals surface area contributed by atoms with Crippen molar-refractivity contribution < 1.29 is 9.90 Å². The number of carboxylic acid groups (broad SMARTS) is 1. The van der Waals surface area contributed by atoms with E-state index in [1.807, 2.05) is 0 Å². The lowest BCUT2D eigenvalue weighted by molar-refractivity contribution is -0.139. The van der Waals surface area contributed by atoms with Crippen molar-refractivity contribution in [2.24, 2.45) is 5.92 Å². The topological polar surface area (TPSA) is 61.4 Å². The smallest absolute Gasteiger partial charge is 0.305 e. The molecule has 0 spiro atoms. The van der Waals surface area contributed by atoms with E-state index in [4.69, 9.17) is 5.11 Å². The number of hydrogen-bond donors (Lipinski definition) is 3. The molecule has 4 nitrogen and oxygen atoms in total. The first-order valence-corrected chi connectivity index (χ1v) is 6.84. The molecule has 17 heavy (non-hydrogen) atoms. The lowest BCUT2D eigenvalue weighted by Crippen LogP contribution is -2.70. The third kappa shape index (κ3) is 3.19. The average Bonchev–Trinajstić information content (AvgIpc) is 2.26. The van der Waals surface area contributed by atoms with Crippen LogP contribution in [0, 0.1) is 5.92 Å². The molecule has 0 aromatic carbocycles. The van der Waals surface area contributed by atoms with Crippen LogP contribution in [0.3, 0.4) is 0 Å². The Morgan fingerprint density at radius 1 is 1.35 bits per heavy atom. The van der Waals surface area contributed by atoms with Gasteiger partial charge in [-0.25, -0.2) is 0 Å². The summed E-state index contributed by atoms with van der Waals surface area (Å²) in [7, 11) is 0. The van der Waals surface area contributed by atoms with Gasteiger partial charge in [0.05, 0.1) is 12.0 Å². The molecule has 0 atom stereocenters. The van der Waals surface area contributed by atoms with Gasteiger partial charge in [0.15, 0.2) is 0 Å². The maximum Gasteiger partial charge on any atom is 0.305 e. The van der Waals surface area contributed by atoms with E-state index in [1.165, 1.54) is 32.1 Å². The number of carbonyl (C=O) groups is 1. The van der Waals surface area contributed by atoms with Crippen LogP contribution >= 0.6 is 0 Å². The number of nitrogens with one attached hydrogen (secondary N) is 2. The van der Waals surface area contributed by atoms with Crippen LogP contribution in [0.25, 0.3) is 0 Å². The first kappa shape index (κ1) is 12.8. The molecule has 0 aromatic rings. The predicted octanol–water partition coefficient (Wildman–Crippen LogP) is 1.36. The SMILES string of the molecule is CCC1CCC(NC2(CC(=O)O)CNC2)CC1. The van der Waals surface area contributed by atoms with Gasteiger partial charge in [0.2, 0.25) is 0 Å². The molecule has 1 saturated heterocycles. The lowest BCUT2D eigenvalue weighted by Gasteiger charge is -2.46. The van der Waals surface area contributed by atoms with Gasteiger partial charge >= 0.3 is 5.97 Å². The fraction of sp³-hybridized carbons (Fsp3) is 0.923. The van der Waals surface area contributed by atoms with Gasteiger partial charge < -0.3 is 15.7 Å². The molecule has 1 aliphatic carbocycles. The first-order chi connectivity index (χ1) is 8.13. The molecule has 0 aromatic heterocycles. The fourth-order valence-electron chi connectivity index (χ4n) is 3.14. The van der Waals surface area contributed by atoms with Crippen LogP contribution in [0.2, 0.25) is 0 Å². The zero-order valence-electron chi connectivity index (χ0n) is 10.7. The van der Waals surface area contributed by atoms with Crippen LogP contribution in [0.1, 0.15) is 45.4 Å². The van der Waals surface area contributed by atoms with Gasteiger partial charge in [-0.1, -0.05) is 13.3 Å². The molecule has 0 amide bonds. The fourth-order valence-corrected chi connectivity index (χ4v) is 3.14. The monoisotopic (exact) mass is 240 g/mol. The highest BCUT2D eigenvalue weighted by atomic mass is 16.4. The molecule has 4 heteroatoms. The van der Waals surface area contributed by atoms with Crippen molar-refractivity contribution in [1.29, 1.82) is 0 Å². The first-order valence-electron chi connectivity index (χ1n) is 6.84. The molecule has 1 aliphatic heterocycles. The van der Waals surface area contributed by atoms with E-state index in [0.29, 0.717) is 6.04 Å². The Hall–Kier alpha value is -0.610. The van der Waals surface area contributed by atoms with E-state index in [0.717, 1.165) is 19.0 Å². The molecular weight excluding hydrogens is 216 g/mol. The second kappa shape index (κ2) is 5.36. The normalized spacial score (nSPS) is 31.8. The maximum atomic E-state index is 10.9. The quantitative estimate of drug-likeness (QED) is 0.679. The van der Waals surface area contributed by atoms with Gasteiger partial charge in [0.25, 0.3) is 0 Å². The van der Waals surface area contributed by atoms with Gasteiger partial charge in [0.1, 0.15) is 0 Å². The van der Waals surface area contributed by atoms with Crippen LogP contribution < -0.4 is 10.6 Å². The second-order valence-electron chi connectivity index (χ2n) is 5.72. The molecule has 0 unspecified atom stereocenters. The summed E-state index contributed by atoms with van der Waals surface area (Å²) in [5, 5.41) is 15.7. The molecule has 2 rings (SSSR count). The third-order valence-corrected chi connectivity index (χ3v) is 4.35. The Balaban J connectivity index is 1.81. The average molecular weight is 240 g/mol. The van der Waals surface area contributed by atoms with Crippen LogP contribution in [-0.2, 0) is 4.79 Å². The third-order valence-electron chi connectivity index (χ3n) is 4.35. The molecular formula is C13H24N2O2. The van der Waals surface area contributed by atoms with Gasteiger partial charge in [-0.3, -0.25) is 4.79 Å². The Morgan fingerprint density at radius 2 is 2.00 bits per heavy atom. The van der Waals surface area contributed by atoms with E-state index in [-0.39, 0.29) is 12.0 Å². The van der Waals surface area contributed by atoms with Crippen molar-refractivity contribution in [2.45, 2.75) is 57.0 Å². The highest BCUT2D eigenvalue weighted by Crippen LogP contribution is 2.29. The van der Waals surface area contributed by atoms with Crippen LogP contribution in [0.5, 0.6) is 0 Å². The molecule has 98 valence electrons. The van der Waals surface area contributed by atoms with Crippen LogP contribution in [0.15, 0.2) is 0 Å². The molecule has 0 bridgehead atoms. The molecule has 2 fully saturated rings. The van der Waals surface area contributed by atoms with Crippen LogP contribution in [-0.4, -0.2) is 35.7 Å². The van der Waals surface area contributed by atoms with Crippen molar-refractivity contribution in [2.75, 3.05) is 13.1 Å². The highest BCUT2D eigenvalue weighted by Gasteiger charge is 2.40. The Labute approximate surface area is 103 Å². The highest BCUT2D eigenvalue weighted by molar-refractivity contribution is 5.68. The van der Waals surface area contributed by atoms with E-state index < -0.39 is 5.97 Å². The van der Waals surface area contributed by atoms with Crippen molar-refractivity contribution in [3.8, 4) is 0 Å². The maximum absolute atomic E-state index is 10.9. The van der Waals surface area contributed by atoms with Crippen molar-refractivity contribution in [1.82, 2.24) is 10.6 Å². The minimum atomic E-state index is -0.693. The molecule has 2 aliphatic rings. The van der Waals surface area contributed by atoms with Gasteiger partial charge in [-0.2, -0.15) is 0 Å². The number of rotatable bonds is 5. The minimum Gasteiger partial charge on any atom is -0.481 e. The van der Waals surface area contributed by atoms with Crippen molar-refractivity contribution in [3.63, 3.8) is 0 Å². The predicted molar refractivity (Wildman–Crippen MR) is 67.0 cm³/mol. The standard InChI is InChI=1S/C13H24N2O2/c1-2-10-3-5-11(6-4-10)15-13(7-12(16)17)8-14-9-13/h10-11,14-15H,2-9H2,1H3,(H,16,17). The molecule has 0 radical (unpaired) electrons. The minimum absolute atomic E-state index is 0.171. The number of carboxylic acids is 1. The van der Waals surface area contributed by atoms with Gasteiger partial charge in [0, 0.05) is 19.1 Å². The van der Waals surface area contributed by atoms with Crippen LogP contribution in [0.4, 0.5) is 0 Å². The van der Waals surface area contributed by atoms with E-state index >= 15 is 0 Å². The molecule has 1 heterocycles. The summed E-state index contributed by atoms with van der Waals surface area (Å²) >= 11 is 0. The summed E-state index contributed by atoms with van der Waals surface area (Å²) in [4.78, 5) is 10.9. The van der Waals surface area contributed by atoms with E-state index in [9.17, 15) is 4.79 Å². The molecule has 1 saturated carbocycles. The largest absolute Gasteiger partial charge is 0.481 e. The summed E-state index contributed by atoms with van der Waals surface area (Å²) in [6, 6.07) is 0.527. The van der Waals surface area contributed by atoms with E-state index in [1.54, 1.807) is 0 Å². The summed E-state index contributed by atoms with van der Waals surface area (Å²) in [6.45, 7) is 3.86. The zero-order chi connectivity index (χ0) is 12.3. The Morgan fingerprint density at radius 3 is 2.41 bits per heavy atom. The Bertz CT molecular complexity index is 269. The lowest BCUT2D eigenvalue weighted by atomic mass is 9.81. The number of aliphatic carboxylic acids is 1. The van der Waals surface area contributed by atoms with Crippen molar-refractivity contribution in [3.05, 3.63) is 0 Å². The van der Waals surface area contributed by atoms with Crippen molar-refractivity contribution >= 4 is 5.97 Å². The summed E-state index contributed by atoms with van der Waals surface area (Å²) < 4.78 is 0. The number of hydrogen-bond acceptors (Lipinski definition) is 3. The van der Waals surface area contributed by atoms with Gasteiger partial charge in [-0.15, -0.1) is 0 Å².